The van der Waals surface area contributed by atoms with Gasteiger partial charge < -0.3 is 23.4 Å². The maximum atomic E-state index is 13.1. The lowest BCUT2D eigenvalue weighted by Crippen LogP contribution is -2.42. The predicted molar refractivity (Wildman–Crippen MR) is 226 cm³/mol. The number of aryl methyl sites for hydroxylation is 2. The number of hydrogen-bond donors (Lipinski definition) is 2. The number of fused-ring (bicyclic) bond motifs is 2. The van der Waals surface area contributed by atoms with E-state index in [9.17, 15) is 43.5 Å². The number of aromatic amines is 1. The number of rotatable bonds is 11. The lowest BCUT2D eigenvalue weighted by atomic mass is 10.1. The van der Waals surface area contributed by atoms with E-state index < -0.39 is 58.4 Å². The number of ketones is 2. The summed E-state index contributed by atoms with van der Waals surface area (Å²) in [4.78, 5) is 102. The fourth-order valence-electron chi connectivity index (χ4n) is 5.78. The van der Waals surface area contributed by atoms with E-state index in [1.165, 1.54) is 38.5 Å². The molecule has 0 radical (unpaired) electrons. The minimum atomic E-state index is -0.877. The Hall–Kier alpha value is -5.38. The molecule has 17 nitrogen and oxygen atoms in total. The summed E-state index contributed by atoms with van der Waals surface area (Å²) in [7, 11) is 2.78. The van der Waals surface area contributed by atoms with Gasteiger partial charge in [-0.2, -0.15) is 0 Å². The van der Waals surface area contributed by atoms with Crippen LogP contribution in [0.15, 0.2) is 98.3 Å². The Morgan fingerprint density at radius 2 is 1.26 bits per heavy atom. The molecule has 6 rings (SSSR count). The Balaban J connectivity index is 0.000000237. The van der Waals surface area contributed by atoms with Crippen molar-refractivity contribution < 1.29 is 33.0 Å². The highest BCUT2D eigenvalue weighted by atomic mass is 79.9. The largest absolute Gasteiger partial charge is 0.507 e. The second-order valence-corrected chi connectivity index (χ2v) is 18.4. The van der Waals surface area contributed by atoms with Gasteiger partial charge in [-0.15, -0.1) is 47.3 Å². The van der Waals surface area contributed by atoms with Crippen molar-refractivity contribution >= 4 is 84.2 Å². The van der Waals surface area contributed by atoms with Crippen LogP contribution >= 0.6 is 47.3 Å². The molecule has 0 saturated heterocycles. The number of benzene rings is 2. The number of phenolic OH excluding ortho intramolecular Hbond substituents is 1. The van der Waals surface area contributed by atoms with Gasteiger partial charge in [0, 0.05) is 19.2 Å². The molecule has 0 aliphatic heterocycles. The summed E-state index contributed by atoms with van der Waals surface area (Å²) in [5.41, 5.74) is -3.80. The first-order valence-electron chi connectivity index (χ1n) is 17.1. The van der Waals surface area contributed by atoms with Gasteiger partial charge in [-0.05, 0) is 48.2 Å². The van der Waals surface area contributed by atoms with Crippen LogP contribution in [0.2, 0.25) is 0 Å². The first-order chi connectivity index (χ1) is 27.6. The number of aromatic hydroxyl groups is 1. The number of methoxy groups -OCH3 is 2. The zero-order valence-corrected chi connectivity index (χ0v) is 36.0. The number of halogens is 3. The number of Topliss-reactive ketones (excluding diaryl/α,β-unsaturated/α-hetero) is 2. The lowest BCUT2D eigenvalue weighted by Gasteiger charge is -2.14. The summed E-state index contributed by atoms with van der Waals surface area (Å²) < 4.78 is 23.1. The number of aromatic nitrogens is 4. The van der Waals surface area contributed by atoms with Gasteiger partial charge in [0.25, 0.3) is 11.1 Å². The average molecular weight is 993 g/mol. The number of ether oxygens (including phenoxy) is 2. The maximum Gasteiger partial charge on any atom is 0.369 e. The van der Waals surface area contributed by atoms with Gasteiger partial charge in [0.1, 0.15) is 29.0 Å². The fraction of sp³-hybridized carbons (Fsp3) is 0.243. The topological polar surface area (TPSA) is 232 Å². The highest BCUT2D eigenvalue weighted by molar-refractivity contribution is 9.69. The summed E-state index contributed by atoms with van der Waals surface area (Å²) in [6.45, 7) is 2.21. The summed E-state index contributed by atoms with van der Waals surface area (Å²) in [5, 5.41) is 9.85. The molecule has 0 unspecified atom stereocenters. The van der Waals surface area contributed by atoms with Crippen molar-refractivity contribution in [2.24, 2.45) is 0 Å². The van der Waals surface area contributed by atoms with E-state index in [0.29, 0.717) is 29.7 Å². The van der Waals surface area contributed by atoms with Crippen molar-refractivity contribution in [2.45, 2.75) is 46.5 Å². The Morgan fingerprint density at radius 3 is 1.84 bits per heavy atom. The number of para-hydroxylation sites is 2. The number of hydrogen-bond acceptors (Lipinski definition) is 13. The summed E-state index contributed by atoms with van der Waals surface area (Å²) in [6.07, 6.45) is 0.736. The molecule has 4 heterocycles. The van der Waals surface area contributed by atoms with Crippen LogP contribution in [0.25, 0.3) is 22.2 Å². The SMILES string of the molecule is BrB(Br)Br.CCc1cc(=O)oc2[nH]c(=O)n(CC(=O)c3ccccc3O)c(=O)c12.CCc1cc(=O)oc2c1c(=O)n(CC(=O)c1ccccc1OC)c(=O)n2COC. The molecule has 2 aromatic carbocycles. The number of carbonyl (C=O) groups is 2. The number of nitrogens with zero attached hydrogens (tertiary/aromatic N) is 3. The van der Waals surface area contributed by atoms with Crippen LogP contribution in [0.3, 0.4) is 0 Å². The Bertz CT molecular complexity index is 2860. The Morgan fingerprint density at radius 1 is 0.741 bits per heavy atom. The molecular weight excluding hydrogens is 959 g/mol. The fourth-order valence-corrected chi connectivity index (χ4v) is 5.78. The third-order valence-corrected chi connectivity index (χ3v) is 8.39. The van der Waals surface area contributed by atoms with Crippen LogP contribution in [0.4, 0.5) is 0 Å². The summed E-state index contributed by atoms with van der Waals surface area (Å²) in [6, 6.07) is 14.8. The molecular formula is C37H34BBr3N4O13. The van der Waals surface area contributed by atoms with Crippen LogP contribution < -0.4 is 38.5 Å². The van der Waals surface area contributed by atoms with E-state index in [1.54, 1.807) is 50.2 Å². The first-order valence-corrected chi connectivity index (χ1v) is 19.8. The first kappa shape index (κ1) is 45.3. The number of H-pyrrole nitrogens is 1. The molecule has 0 spiro atoms. The monoisotopic (exact) mass is 990 g/mol. The molecule has 0 saturated carbocycles. The van der Waals surface area contributed by atoms with E-state index in [4.69, 9.17) is 18.3 Å². The highest BCUT2D eigenvalue weighted by Gasteiger charge is 2.22. The quantitative estimate of drug-likeness (QED) is 0.138. The second-order valence-electron chi connectivity index (χ2n) is 11.9. The standard InChI is InChI=1S/C20H20N2O7.C17H14N2O6.BBr3/c1-4-12-9-16(24)29-19-17(12)18(25)21(20(26)22(19)11-27-2)10-14(23)13-7-5-6-8-15(13)28-3;1-2-9-7-13(22)25-15-14(9)16(23)19(17(24)18-15)8-12(21)10-5-3-4-6-11(10)20;2-1(3)4/h5-9H,4,10-11H2,1-3H3;3-7,20H,2,8H2,1H3,(H,18,24);. The average Bonchev–Trinajstić information content (AvgIpc) is 3.18. The lowest BCUT2D eigenvalue weighted by molar-refractivity contribution is 0.0954. The van der Waals surface area contributed by atoms with Gasteiger partial charge in [0.2, 0.25) is 11.4 Å². The Labute approximate surface area is 351 Å². The van der Waals surface area contributed by atoms with E-state index in [-0.39, 0.29) is 49.0 Å². The van der Waals surface area contributed by atoms with Crippen molar-refractivity contribution in [3.63, 3.8) is 0 Å². The maximum absolute atomic E-state index is 13.1. The van der Waals surface area contributed by atoms with Crippen LogP contribution in [-0.2, 0) is 37.4 Å². The van der Waals surface area contributed by atoms with Crippen molar-refractivity contribution in [1.29, 1.82) is 0 Å². The van der Waals surface area contributed by atoms with Gasteiger partial charge in [-0.25, -0.2) is 23.7 Å². The van der Waals surface area contributed by atoms with Gasteiger partial charge >= 0.3 is 25.8 Å². The molecule has 21 heteroatoms. The predicted octanol–water partition coefficient (Wildman–Crippen LogP) is 4.12. The van der Waals surface area contributed by atoms with Crippen molar-refractivity contribution in [3.05, 3.63) is 145 Å². The van der Waals surface area contributed by atoms with E-state index >= 15 is 0 Å². The van der Waals surface area contributed by atoms with Crippen molar-refractivity contribution in [1.82, 2.24) is 18.7 Å². The zero-order chi connectivity index (χ0) is 42.8. The molecule has 0 atom stereocenters. The molecule has 6 aromatic rings. The molecule has 0 amide bonds. The number of carbonyl (C=O) groups excluding carboxylic acids is 2. The molecule has 2 N–H and O–H groups in total. The van der Waals surface area contributed by atoms with Gasteiger partial charge in [0.15, 0.2) is 11.6 Å². The van der Waals surface area contributed by atoms with Gasteiger partial charge in [0.05, 0.1) is 31.3 Å². The van der Waals surface area contributed by atoms with Crippen LogP contribution in [0.1, 0.15) is 45.7 Å². The third kappa shape index (κ3) is 10.4. The minimum Gasteiger partial charge on any atom is -0.507 e. The van der Waals surface area contributed by atoms with E-state index in [2.05, 4.69) is 52.3 Å². The minimum absolute atomic E-state index is 0.00389. The zero-order valence-electron chi connectivity index (χ0n) is 31.2. The third-order valence-electron chi connectivity index (χ3n) is 8.39. The Kier molecular flexibility index (Phi) is 15.9. The molecule has 0 aliphatic carbocycles. The molecule has 0 aliphatic rings. The molecule has 0 fully saturated rings. The second kappa shape index (κ2) is 20.4. The molecule has 304 valence electrons. The summed E-state index contributed by atoms with van der Waals surface area (Å²) >= 11 is 9.31. The van der Waals surface area contributed by atoms with Crippen LogP contribution in [0.5, 0.6) is 11.5 Å². The van der Waals surface area contributed by atoms with E-state index in [0.717, 1.165) is 13.7 Å². The number of phenols is 1. The highest BCUT2D eigenvalue weighted by Crippen LogP contribution is 2.19. The molecule has 0 bridgehead atoms. The van der Waals surface area contributed by atoms with Gasteiger partial charge in [-0.3, -0.25) is 33.3 Å². The van der Waals surface area contributed by atoms with E-state index in [1.807, 2.05) is 0 Å². The summed E-state index contributed by atoms with van der Waals surface area (Å²) in [5.74, 6) is -0.970. The smallest absolute Gasteiger partial charge is 0.369 e. The number of nitrogens with one attached hydrogen (secondary N) is 1. The van der Waals surface area contributed by atoms with Crippen LogP contribution in [0, 0.1) is 0 Å². The van der Waals surface area contributed by atoms with Crippen LogP contribution in [-0.4, -0.2) is 52.8 Å². The molecule has 4 aromatic heterocycles. The van der Waals surface area contributed by atoms with Gasteiger partial charge in [-0.1, -0.05) is 38.1 Å². The molecule has 58 heavy (non-hydrogen) atoms. The van der Waals surface area contributed by atoms with Crippen molar-refractivity contribution in [2.75, 3.05) is 14.2 Å². The normalized spacial score (nSPS) is 10.7. The van der Waals surface area contributed by atoms with Crippen molar-refractivity contribution in [3.8, 4) is 11.5 Å².